The summed E-state index contributed by atoms with van der Waals surface area (Å²) in [5.41, 5.74) is 3.70. The number of aromatic nitrogens is 5. The Balaban J connectivity index is 1.62. The van der Waals surface area contributed by atoms with Crippen LogP contribution in [0.25, 0.3) is 10.9 Å². The number of tetrazole rings is 1. The Kier molecular flexibility index (Phi) is 4.88. The zero-order valence-corrected chi connectivity index (χ0v) is 17.0. The van der Waals surface area contributed by atoms with Crippen molar-refractivity contribution in [2.24, 2.45) is 0 Å². The summed E-state index contributed by atoms with van der Waals surface area (Å²) in [5, 5.41) is 13.6. The molecule has 7 nitrogen and oxygen atoms in total. The number of aryl methyl sites for hydroxylation is 1. The van der Waals surface area contributed by atoms with Crippen LogP contribution >= 0.6 is 0 Å². The normalized spacial score (nSPS) is 15.6. The van der Waals surface area contributed by atoms with Gasteiger partial charge in [0, 0.05) is 11.1 Å². The number of hydrogen-bond acceptors (Lipinski definition) is 5. The zero-order valence-electron chi connectivity index (χ0n) is 17.0. The molecule has 3 heterocycles. The molecule has 1 atom stereocenters. The van der Waals surface area contributed by atoms with Gasteiger partial charge in [0.25, 0.3) is 5.56 Å². The van der Waals surface area contributed by atoms with Crippen LogP contribution in [0.15, 0.2) is 59.4 Å². The number of fused-ring (bicyclic) bond motifs is 1. The van der Waals surface area contributed by atoms with Gasteiger partial charge in [-0.3, -0.25) is 9.69 Å². The van der Waals surface area contributed by atoms with E-state index >= 15 is 0 Å². The van der Waals surface area contributed by atoms with E-state index in [1.165, 1.54) is 0 Å². The first kappa shape index (κ1) is 18.7. The number of rotatable bonds is 5. The number of likely N-dealkylation sites (tertiary alicyclic amines) is 1. The Morgan fingerprint density at radius 1 is 1.07 bits per heavy atom. The number of benzene rings is 2. The number of H-pyrrole nitrogens is 1. The molecule has 0 aliphatic carbocycles. The van der Waals surface area contributed by atoms with Crippen molar-refractivity contribution in [3.8, 4) is 0 Å². The van der Waals surface area contributed by atoms with Gasteiger partial charge in [0.2, 0.25) is 0 Å². The third kappa shape index (κ3) is 3.52. The summed E-state index contributed by atoms with van der Waals surface area (Å²) < 4.78 is 1.82. The molecule has 0 spiro atoms. The Bertz CT molecular complexity index is 1220. The summed E-state index contributed by atoms with van der Waals surface area (Å²) >= 11 is 0. The van der Waals surface area contributed by atoms with E-state index in [2.05, 4.69) is 49.7 Å². The van der Waals surface area contributed by atoms with Crippen molar-refractivity contribution in [1.82, 2.24) is 30.1 Å². The summed E-state index contributed by atoms with van der Waals surface area (Å²) in [6, 6.07) is 18.0. The van der Waals surface area contributed by atoms with Crippen molar-refractivity contribution in [3.05, 3.63) is 87.5 Å². The predicted molar refractivity (Wildman–Crippen MR) is 115 cm³/mol. The van der Waals surface area contributed by atoms with Crippen LogP contribution in [-0.2, 0) is 6.54 Å². The van der Waals surface area contributed by atoms with E-state index in [4.69, 9.17) is 0 Å². The second-order valence-electron chi connectivity index (χ2n) is 7.97. The first-order chi connectivity index (χ1) is 14.7. The van der Waals surface area contributed by atoms with E-state index in [1.807, 2.05) is 41.9 Å². The minimum atomic E-state index is -0.277. The van der Waals surface area contributed by atoms with Gasteiger partial charge in [-0.2, -0.15) is 0 Å². The van der Waals surface area contributed by atoms with Gasteiger partial charge < -0.3 is 4.98 Å². The molecule has 4 aromatic rings. The van der Waals surface area contributed by atoms with Crippen molar-refractivity contribution in [3.63, 3.8) is 0 Å². The Labute approximate surface area is 174 Å². The molecule has 152 valence electrons. The third-order valence-corrected chi connectivity index (χ3v) is 5.81. The van der Waals surface area contributed by atoms with Crippen LogP contribution in [0.4, 0.5) is 0 Å². The highest BCUT2D eigenvalue weighted by Gasteiger charge is 2.32. The highest BCUT2D eigenvalue weighted by Crippen LogP contribution is 2.30. The summed E-state index contributed by atoms with van der Waals surface area (Å²) in [5.74, 6) is 0.706. The summed E-state index contributed by atoms with van der Waals surface area (Å²) in [6.07, 6.45) is 2.23. The smallest absolute Gasteiger partial charge is 0.253 e. The number of hydrogen-bond donors (Lipinski definition) is 1. The van der Waals surface area contributed by atoms with Crippen molar-refractivity contribution < 1.29 is 0 Å². The Morgan fingerprint density at radius 2 is 1.87 bits per heavy atom. The van der Waals surface area contributed by atoms with Gasteiger partial charge in [0.05, 0.1) is 6.54 Å². The molecule has 0 bridgehead atoms. The van der Waals surface area contributed by atoms with Crippen LogP contribution in [-0.4, -0.2) is 43.2 Å². The summed E-state index contributed by atoms with van der Waals surface area (Å²) in [4.78, 5) is 18.5. The van der Waals surface area contributed by atoms with Crippen molar-refractivity contribution in [1.29, 1.82) is 0 Å². The Hall–Kier alpha value is -3.32. The van der Waals surface area contributed by atoms with E-state index in [0.717, 1.165) is 48.0 Å². The molecule has 1 fully saturated rings. The molecule has 2 aromatic carbocycles. The lowest BCUT2D eigenvalue weighted by Gasteiger charge is -2.26. The van der Waals surface area contributed by atoms with Crippen LogP contribution in [0.2, 0.25) is 0 Å². The molecule has 30 heavy (non-hydrogen) atoms. The second kappa shape index (κ2) is 7.84. The molecule has 1 aliphatic rings. The van der Waals surface area contributed by atoms with Gasteiger partial charge in [-0.05, 0) is 71.9 Å². The van der Waals surface area contributed by atoms with Crippen LogP contribution < -0.4 is 5.56 Å². The first-order valence-corrected chi connectivity index (χ1v) is 10.4. The fourth-order valence-electron chi connectivity index (χ4n) is 4.31. The second-order valence-corrected chi connectivity index (χ2v) is 7.97. The fourth-order valence-corrected chi connectivity index (χ4v) is 4.31. The van der Waals surface area contributed by atoms with Crippen molar-refractivity contribution in [2.45, 2.75) is 32.4 Å². The van der Waals surface area contributed by atoms with Crippen LogP contribution in [0.5, 0.6) is 0 Å². The zero-order chi connectivity index (χ0) is 20.5. The SMILES string of the molecule is Cc1ccc2cc(C(c3nnnn3Cc3ccccc3)N3CCCC3)c(=O)[nH]c2c1. The Morgan fingerprint density at radius 3 is 2.67 bits per heavy atom. The van der Waals surface area contributed by atoms with Gasteiger partial charge in [-0.1, -0.05) is 42.5 Å². The minimum absolute atomic E-state index is 0.0840. The van der Waals surface area contributed by atoms with E-state index in [9.17, 15) is 4.79 Å². The minimum Gasteiger partial charge on any atom is -0.322 e. The lowest BCUT2D eigenvalue weighted by atomic mass is 10.0. The largest absolute Gasteiger partial charge is 0.322 e. The lowest BCUT2D eigenvalue weighted by Crippen LogP contribution is -2.33. The molecule has 0 saturated carbocycles. The van der Waals surface area contributed by atoms with Gasteiger partial charge in [-0.15, -0.1) is 5.10 Å². The first-order valence-electron chi connectivity index (χ1n) is 10.4. The van der Waals surface area contributed by atoms with E-state index in [1.54, 1.807) is 0 Å². The molecule has 1 aliphatic heterocycles. The molecule has 5 rings (SSSR count). The molecule has 0 radical (unpaired) electrons. The van der Waals surface area contributed by atoms with Crippen molar-refractivity contribution >= 4 is 10.9 Å². The van der Waals surface area contributed by atoms with Gasteiger partial charge >= 0.3 is 0 Å². The van der Waals surface area contributed by atoms with Crippen molar-refractivity contribution in [2.75, 3.05) is 13.1 Å². The van der Waals surface area contributed by atoms with E-state index in [0.29, 0.717) is 17.9 Å². The topological polar surface area (TPSA) is 79.7 Å². The molecule has 0 amide bonds. The standard InChI is InChI=1S/C23H24N6O/c1-16-9-10-18-14-19(23(30)24-20(18)13-16)21(28-11-5-6-12-28)22-25-26-27-29(22)15-17-7-3-2-4-8-17/h2-4,7-10,13-14,21H,5-6,11-12,15H2,1H3,(H,24,30). The molecular weight excluding hydrogens is 376 g/mol. The lowest BCUT2D eigenvalue weighted by molar-refractivity contribution is 0.263. The van der Waals surface area contributed by atoms with E-state index < -0.39 is 0 Å². The average molecular weight is 400 g/mol. The quantitative estimate of drug-likeness (QED) is 0.557. The maximum Gasteiger partial charge on any atom is 0.253 e. The average Bonchev–Trinajstić information content (AvgIpc) is 3.43. The van der Waals surface area contributed by atoms with Crippen LogP contribution in [0.1, 0.15) is 41.4 Å². The highest BCUT2D eigenvalue weighted by atomic mass is 16.1. The van der Waals surface area contributed by atoms with Gasteiger partial charge in [0.1, 0.15) is 6.04 Å². The fraction of sp³-hybridized carbons (Fsp3) is 0.304. The maximum absolute atomic E-state index is 13.1. The number of nitrogens with one attached hydrogen (secondary N) is 1. The van der Waals surface area contributed by atoms with Crippen LogP contribution in [0, 0.1) is 6.92 Å². The van der Waals surface area contributed by atoms with Gasteiger partial charge in [0.15, 0.2) is 5.82 Å². The predicted octanol–water partition coefficient (Wildman–Crippen LogP) is 3.06. The van der Waals surface area contributed by atoms with Crippen LogP contribution in [0.3, 0.4) is 0 Å². The molecular formula is C23H24N6O. The molecule has 7 heteroatoms. The highest BCUT2D eigenvalue weighted by molar-refractivity contribution is 5.79. The monoisotopic (exact) mass is 400 g/mol. The third-order valence-electron chi connectivity index (χ3n) is 5.81. The number of nitrogens with zero attached hydrogens (tertiary/aromatic N) is 5. The van der Waals surface area contributed by atoms with Gasteiger partial charge in [-0.25, -0.2) is 4.68 Å². The molecule has 1 unspecified atom stereocenters. The number of aromatic amines is 1. The van der Waals surface area contributed by atoms with E-state index in [-0.39, 0.29) is 11.6 Å². The molecule has 1 saturated heterocycles. The molecule has 2 aromatic heterocycles. The summed E-state index contributed by atoms with van der Waals surface area (Å²) in [6.45, 7) is 4.44. The summed E-state index contributed by atoms with van der Waals surface area (Å²) in [7, 11) is 0. The number of pyridine rings is 1. The maximum atomic E-state index is 13.1. The molecule has 1 N–H and O–H groups in total.